The molecule has 13 heteroatoms. The number of primary amides is 1. The molecule has 236 valence electrons. The van der Waals surface area contributed by atoms with Gasteiger partial charge in [-0.3, -0.25) is 4.79 Å². The zero-order valence-corrected chi connectivity index (χ0v) is 25.1. The molecule has 0 spiro atoms. The van der Waals surface area contributed by atoms with Gasteiger partial charge < -0.3 is 49.7 Å². The van der Waals surface area contributed by atoms with E-state index >= 15 is 0 Å². The molecule has 1 aliphatic rings. The summed E-state index contributed by atoms with van der Waals surface area (Å²) in [6.07, 6.45) is -3.88. The van der Waals surface area contributed by atoms with Crippen molar-refractivity contribution in [2.75, 3.05) is 12.4 Å². The minimum absolute atomic E-state index is 0.00594. The molecule has 2 aromatic carbocycles. The molecule has 1 unspecified atom stereocenters. The van der Waals surface area contributed by atoms with Gasteiger partial charge in [0, 0.05) is 23.6 Å². The van der Waals surface area contributed by atoms with Crippen molar-refractivity contribution < 1.29 is 48.3 Å². The monoisotopic (exact) mass is 611 g/mol. The van der Waals surface area contributed by atoms with Crippen LogP contribution in [0.15, 0.2) is 51.2 Å². The highest BCUT2D eigenvalue weighted by molar-refractivity contribution is 6.06. The highest BCUT2D eigenvalue weighted by atomic mass is 16.7. The number of allylic oxidation sites excluding steroid dienone is 2. The summed E-state index contributed by atoms with van der Waals surface area (Å²) >= 11 is 0. The summed E-state index contributed by atoms with van der Waals surface area (Å²) in [5.74, 6) is -1.42. The third-order valence-electron chi connectivity index (χ3n) is 7.31. The van der Waals surface area contributed by atoms with Crippen molar-refractivity contribution in [3.63, 3.8) is 0 Å². The number of fused-ring (bicyclic) bond motifs is 1. The van der Waals surface area contributed by atoms with Crippen molar-refractivity contribution in [3.8, 4) is 17.2 Å². The first kappa shape index (κ1) is 32.3. The van der Waals surface area contributed by atoms with E-state index in [9.17, 15) is 29.7 Å². The van der Waals surface area contributed by atoms with Gasteiger partial charge in [-0.2, -0.15) is 0 Å². The van der Waals surface area contributed by atoms with Crippen molar-refractivity contribution in [1.29, 1.82) is 0 Å². The molecule has 0 aliphatic carbocycles. The average molecular weight is 612 g/mol. The summed E-state index contributed by atoms with van der Waals surface area (Å²) in [4.78, 5) is 37.4. The Balaban J connectivity index is 1.63. The fourth-order valence-electron chi connectivity index (χ4n) is 5.05. The summed E-state index contributed by atoms with van der Waals surface area (Å²) in [5.41, 5.74) is 4.19. The highest BCUT2D eigenvalue weighted by Crippen LogP contribution is 2.38. The number of aliphatic hydroxyl groups excluding tert-OH is 1. The lowest BCUT2D eigenvalue weighted by atomic mass is 9.89. The largest absolute Gasteiger partial charge is 0.870 e. The van der Waals surface area contributed by atoms with E-state index in [2.05, 4.69) is 5.32 Å². The van der Waals surface area contributed by atoms with Gasteiger partial charge in [-0.15, -0.1) is 0 Å². The Kier molecular flexibility index (Phi) is 9.23. The molecule has 3 aromatic rings. The van der Waals surface area contributed by atoms with Crippen LogP contribution in [0.5, 0.6) is 17.2 Å². The predicted octanol–water partition coefficient (Wildman–Crippen LogP) is 3.00. The van der Waals surface area contributed by atoms with E-state index < -0.39 is 59.3 Å². The highest BCUT2D eigenvalue weighted by Gasteiger charge is 2.53. The maximum absolute atomic E-state index is 13.3. The number of aliphatic hydroxyl groups is 1. The first-order valence-corrected chi connectivity index (χ1v) is 13.7. The number of hydrogen-bond donors (Lipinski definition) is 4. The number of aromatic hydroxyl groups is 1. The Morgan fingerprint density at radius 2 is 1.91 bits per heavy atom. The van der Waals surface area contributed by atoms with Crippen molar-refractivity contribution in [2.45, 2.75) is 71.2 Å². The number of rotatable bonds is 8. The molecule has 1 aliphatic heterocycles. The van der Waals surface area contributed by atoms with Crippen LogP contribution in [0.4, 0.5) is 10.5 Å². The van der Waals surface area contributed by atoms with Crippen molar-refractivity contribution in [2.24, 2.45) is 5.73 Å². The van der Waals surface area contributed by atoms with E-state index in [1.807, 2.05) is 19.9 Å². The number of carbonyl (C=O) groups excluding carboxylic acids is 2. The van der Waals surface area contributed by atoms with Gasteiger partial charge in [0.15, 0.2) is 12.2 Å². The van der Waals surface area contributed by atoms with Gasteiger partial charge in [0.25, 0.3) is 5.91 Å². The number of anilines is 1. The Morgan fingerprint density at radius 3 is 2.55 bits per heavy atom. The van der Waals surface area contributed by atoms with Crippen LogP contribution in [0.1, 0.15) is 49.2 Å². The first-order chi connectivity index (χ1) is 20.6. The van der Waals surface area contributed by atoms with Crippen LogP contribution in [-0.2, 0) is 20.6 Å². The standard InChI is InChI=1S/C31H36N2O11/c1-14(2)7-8-16-13-17(9-11-19(16)34)27(37)33-21-22(35)18-10-12-20(15(3)24(18)42-28(21)38)41-29-23(36)25(43-30(32)39)26(40-6)31(4,5)44-29/h7,9-13,23,25-26,29,34-36H,8H2,1-6H3,(H2,32,39)(H,33,37)/p-1/t23-,25+,26-,29?/m1/s1. The number of benzene rings is 2. The second-order valence-electron chi connectivity index (χ2n) is 11.2. The topological polar surface area (TPSA) is 203 Å². The summed E-state index contributed by atoms with van der Waals surface area (Å²) in [6, 6.07) is 6.96. The third-order valence-corrected chi connectivity index (χ3v) is 7.31. The zero-order valence-electron chi connectivity index (χ0n) is 25.1. The molecule has 0 saturated carbocycles. The van der Waals surface area contributed by atoms with Crippen LogP contribution in [0.25, 0.3) is 11.0 Å². The Bertz CT molecular complexity index is 1670. The number of phenolic OH excluding ortho intramolecular Hbond substituents is 1. The van der Waals surface area contributed by atoms with Gasteiger partial charge >= 0.3 is 11.7 Å². The van der Waals surface area contributed by atoms with Crippen LogP contribution in [0, 0.1) is 6.92 Å². The molecule has 4 rings (SSSR count). The molecule has 2 heterocycles. The normalized spacial score (nSPS) is 21.0. The first-order valence-electron chi connectivity index (χ1n) is 13.7. The molecule has 2 amide bonds. The summed E-state index contributed by atoms with van der Waals surface area (Å²) in [6.45, 7) is 8.63. The van der Waals surface area contributed by atoms with Gasteiger partial charge in [-0.25, -0.2) is 9.59 Å². The minimum atomic E-state index is -1.53. The van der Waals surface area contributed by atoms with Gasteiger partial charge in [-0.1, -0.05) is 17.4 Å². The Hall–Kier alpha value is -4.59. The van der Waals surface area contributed by atoms with E-state index in [1.54, 1.807) is 13.8 Å². The zero-order chi connectivity index (χ0) is 32.5. The second kappa shape index (κ2) is 12.6. The van der Waals surface area contributed by atoms with E-state index in [0.717, 1.165) is 5.57 Å². The Labute approximate surface area is 252 Å². The molecule has 5 N–H and O–H groups in total. The van der Waals surface area contributed by atoms with Crippen molar-refractivity contribution >= 4 is 28.7 Å². The Morgan fingerprint density at radius 1 is 1.20 bits per heavy atom. The molecule has 4 atom stereocenters. The second-order valence-corrected chi connectivity index (χ2v) is 11.2. The number of hydrogen-bond acceptors (Lipinski definition) is 11. The van der Waals surface area contributed by atoms with Crippen molar-refractivity contribution in [3.05, 3.63) is 69.1 Å². The number of nitrogens with one attached hydrogen (secondary N) is 1. The number of carbonyl (C=O) groups is 2. The van der Waals surface area contributed by atoms with E-state index in [1.165, 1.54) is 44.4 Å². The van der Waals surface area contributed by atoms with E-state index in [0.29, 0.717) is 12.0 Å². The van der Waals surface area contributed by atoms with Crippen molar-refractivity contribution in [1.82, 2.24) is 0 Å². The molecule has 44 heavy (non-hydrogen) atoms. The lowest BCUT2D eigenvalue weighted by Crippen LogP contribution is -2.65. The summed E-state index contributed by atoms with van der Waals surface area (Å²) in [7, 11) is 1.36. The summed E-state index contributed by atoms with van der Waals surface area (Å²) < 4.78 is 27.8. The van der Waals surface area contributed by atoms with Gasteiger partial charge in [0.1, 0.15) is 28.9 Å². The minimum Gasteiger partial charge on any atom is -0.870 e. The van der Waals surface area contributed by atoms with E-state index in [-0.39, 0.29) is 33.6 Å². The molecule has 0 radical (unpaired) electrons. The molecule has 13 nitrogen and oxygen atoms in total. The van der Waals surface area contributed by atoms with E-state index in [4.69, 9.17) is 29.1 Å². The summed E-state index contributed by atoms with van der Waals surface area (Å²) in [5, 5.41) is 36.7. The smallest absolute Gasteiger partial charge is 0.404 e. The number of phenols is 1. The SMILES string of the molecule is CO[C@@H]1[C@@H](OC(N)=O)[C@@H](O)C(Oc2ccc3c([O-])c(NC(=O)c4ccc(O)c(CC=C(C)C)c4)c(=O)oc3c2C)OC1(C)C. The molecular weight excluding hydrogens is 576 g/mol. The van der Waals surface area contributed by atoms with Crippen LogP contribution in [-0.4, -0.2) is 59.5 Å². The van der Waals surface area contributed by atoms with Gasteiger partial charge in [0.2, 0.25) is 6.29 Å². The third kappa shape index (κ3) is 6.49. The number of nitrogens with two attached hydrogens (primary N) is 1. The van der Waals surface area contributed by atoms with Gasteiger partial charge in [0.05, 0.1) is 5.60 Å². The van der Waals surface area contributed by atoms with Gasteiger partial charge in [-0.05, 0) is 76.9 Å². The quantitative estimate of drug-likeness (QED) is 0.215. The van der Waals surface area contributed by atoms with Crippen LogP contribution in [0.3, 0.4) is 0 Å². The lowest BCUT2D eigenvalue weighted by Gasteiger charge is -2.47. The molecule has 0 bridgehead atoms. The average Bonchev–Trinajstić information content (AvgIpc) is 2.94. The van der Waals surface area contributed by atoms with Crippen LogP contribution in [0.2, 0.25) is 0 Å². The maximum Gasteiger partial charge on any atom is 0.404 e. The maximum atomic E-state index is 13.3. The number of methoxy groups -OCH3 is 1. The lowest BCUT2D eigenvalue weighted by molar-refractivity contribution is -0.304. The number of aryl methyl sites for hydroxylation is 1. The fourth-order valence-corrected chi connectivity index (χ4v) is 5.05. The fraction of sp³-hybridized carbons (Fsp3) is 0.387. The predicted molar refractivity (Wildman–Crippen MR) is 157 cm³/mol. The number of ether oxygens (including phenoxy) is 4. The molecule has 1 aromatic heterocycles. The van der Waals surface area contributed by atoms with Crippen LogP contribution >= 0.6 is 0 Å². The molecule has 1 saturated heterocycles. The molecular formula is C31H35N2O11-. The number of amides is 2. The van der Waals surface area contributed by atoms with Crippen LogP contribution < -0.4 is 26.5 Å². The molecule has 1 fully saturated rings.